The number of carbonyl (C=O) groups is 1. The van der Waals surface area contributed by atoms with Crippen molar-refractivity contribution in [3.63, 3.8) is 0 Å². The maximum atomic E-state index is 11.1. The van der Waals surface area contributed by atoms with Gasteiger partial charge in [0.25, 0.3) is 0 Å². The van der Waals surface area contributed by atoms with Crippen LogP contribution < -0.4 is 5.73 Å². The van der Waals surface area contributed by atoms with Crippen LogP contribution >= 0.6 is 15.9 Å². The topological polar surface area (TPSA) is 83.5 Å². The van der Waals surface area contributed by atoms with E-state index in [-0.39, 0.29) is 17.6 Å². The van der Waals surface area contributed by atoms with Crippen molar-refractivity contribution in [1.82, 2.24) is 0 Å². The van der Waals surface area contributed by atoms with Gasteiger partial charge in [0.15, 0.2) is 0 Å². The number of phenolic OH excluding ortho intramolecular Hbond substituents is 1. The fourth-order valence-corrected chi connectivity index (χ4v) is 3.40. The summed E-state index contributed by atoms with van der Waals surface area (Å²) in [6.07, 6.45) is 0.984. The number of aliphatic carboxylic acids is 1. The number of phenols is 1. The second-order valence-electron chi connectivity index (χ2n) is 6.68. The molecule has 0 radical (unpaired) electrons. The molecule has 4 N–H and O–H groups in total. The maximum Gasteiger partial charge on any atom is 0.320 e. The highest BCUT2D eigenvalue weighted by atomic mass is 79.9. The monoisotopic (exact) mass is 391 g/mol. The largest absolute Gasteiger partial charge is 0.508 e. The molecular formula is C19H22BrNO3. The van der Waals surface area contributed by atoms with Crippen molar-refractivity contribution in [2.75, 3.05) is 0 Å². The fraction of sp³-hybridized carbons (Fsp3) is 0.316. The van der Waals surface area contributed by atoms with Gasteiger partial charge in [-0.15, -0.1) is 0 Å². The Morgan fingerprint density at radius 2 is 1.96 bits per heavy atom. The smallest absolute Gasteiger partial charge is 0.320 e. The Morgan fingerprint density at radius 3 is 2.58 bits per heavy atom. The summed E-state index contributed by atoms with van der Waals surface area (Å²) in [5.41, 5.74) is 8.34. The van der Waals surface area contributed by atoms with Crippen molar-refractivity contribution < 1.29 is 15.0 Å². The molecule has 5 heteroatoms. The van der Waals surface area contributed by atoms with Crippen LogP contribution in [0.5, 0.6) is 5.75 Å². The molecule has 4 nitrogen and oxygen atoms in total. The molecule has 0 spiro atoms. The summed E-state index contributed by atoms with van der Waals surface area (Å²) in [6.45, 7) is 4.16. The minimum Gasteiger partial charge on any atom is -0.508 e. The van der Waals surface area contributed by atoms with Gasteiger partial charge < -0.3 is 15.9 Å². The van der Waals surface area contributed by atoms with Crippen molar-refractivity contribution in [3.8, 4) is 5.75 Å². The zero-order valence-electron chi connectivity index (χ0n) is 13.8. The fourth-order valence-electron chi connectivity index (χ4n) is 2.95. The van der Waals surface area contributed by atoms with Gasteiger partial charge in [0, 0.05) is 4.47 Å². The lowest BCUT2D eigenvalue weighted by Crippen LogP contribution is -2.33. The second kappa shape index (κ2) is 7.36. The van der Waals surface area contributed by atoms with E-state index in [1.807, 2.05) is 12.1 Å². The zero-order valence-corrected chi connectivity index (χ0v) is 15.4. The number of carboxylic acid groups (broad SMARTS) is 1. The van der Waals surface area contributed by atoms with Gasteiger partial charge in [-0.1, -0.05) is 48.0 Å². The lowest BCUT2D eigenvalue weighted by molar-refractivity contribution is -0.138. The summed E-state index contributed by atoms with van der Waals surface area (Å²) in [5, 5.41) is 19.0. The van der Waals surface area contributed by atoms with Gasteiger partial charge in [0.1, 0.15) is 11.8 Å². The Hall–Kier alpha value is -1.85. The first-order valence-electron chi connectivity index (χ1n) is 7.74. The van der Waals surface area contributed by atoms with Gasteiger partial charge >= 0.3 is 5.97 Å². The molecule has 0 saturated carbocycles. The van der Waals surface area contributed by atoms with Crippen LogP contribution in [-0.2, 0) is 23.1 Å². The third kappa shape index (κ3) is 4.58. The number of hydrogen-bond acceptors (Lipinski definition) is 3. The number of carboxylic acids is 1. The van der Waals surface area contributed by atoms with E-state index in [0.29, 0.717) is 0 Å². The average molecular weight is 392 g/mol. The van der Waals surface area contributed by atoms with E-state index in [0.717, 1.165) is 27.6 Å². The minimum atomic E-state index is -1.03. The zero-order chi connectivity index (χ0) is 17.9. The van der Waals surface area contributed by atoms with Crippen LogP contribution in [0.3, 0.4) is 0 Å². The van der Waals surface area contributed by atoms with Gasteiger partial charge in [-0.3, -0.25) is 4.79 Å². The van der Waals surface area contributed by atoms with Crippen molar-refractivity contribution in [2.45, 2.75) is 38.1 Å². The van der Waals surface area contributed by atoms with E-state index < -0.39 is 12.0 Å². The Balaban J connectivity index is 2.37. The first-order chi connectivity index (χ1) is 11.2. The van der Waals surface area contributed by atoms with Crippen LogP contribution in [0.15, 0.2) is 46.9 Å². The Morgan fingerprint density at radius 1 is 1.25 bits per heavy atom. The normalized spacial score (nSPS) is 12.8. The molecular weight excluding hydrogens is 370 g/mol. The number of rotatable bonds is 6. The van der Waals surface area contributed by atoms with Crippen LogP contribution in [0.4, 0.5) is 0 Å². The highest BCUT2D eigenvalue weighted by Gasteiger charge is 2.26. The van der Waals surface area contributed by atoms with Crippen molar-refractivity contribution >= 4 is 21.9 Å². The molecule has 0 heterocycles. The number of hydrogen-bond donors (Lipinski definition) is 3. The Kier molecular flexibility index (Phi) is 5.67. The van der Waals surface area contributed by atoms with E-state index >= 15 is 0 Å². The second-order valence-corrected chi connectivity index (χ2v) is 7.60. The summed E-state index contributed by atoms with van der Waals surface area (Å²) in [7, 11) is 0. The molecule has 0 aliphatic heterocycles. The predicted octanol–water partition coefficient (Wildman–Crippen LogP) is 3.63. The molecule has 2 rings (SSSR count). The molecule has 0 aliphatic carbocycles. The standard InChI is InChI=1S/C19H22BrNO3/c1-19(2,11-12-4-3-5-14(20)8-12)16-10-15(22)7-6-13(16)9-17(21)18(23)24/h3-8,10,17,22H,9,11,21H2,1-2H3,(H,23,24)/t17-/m0/s1. The van der Waals surface area contributed by atoms with Gasteiger partial charge in [-0.25, -0.2) is 0 Å². The molecule has 0 unspecified atom stereocenters. The van der Waals surface area contributed by atoms with Crippen molar-refractivity contribution in [2.24, 2.45) is 5.73 Å². The van der Waals surface area contributed by atoms with Crippen LogP contribution in [0.25, 0.3) is 0 Å². The predicted molar refractivity (Wildman–Crippen MR) is 98.3 cm³/mol. The average Bonchev–Trinajstić information content (AvgIpc) is 2.48. The van der Waals surface area contributed by atoms with Gasteiger partial charge in [-0.05, 0) is 59.2 Å². The third-order valence-electron chi connectivity index (χ3n) is 4.11. The molecule has 0 bridgehead atoms. The summed E-state index contributed by atoms with van der Waals surface area (Å²) >= 11 is 3.48. The number of benzene rings is 2. The molecule has 0 saturated heterocycles. The number of nitrogens with two attached hydrogens (primary N) is 1. The van der Waals surface area contributed by atoms with E-state index in [1.165, 1.54) is 0 Å². The minimum absolute atomic E-state index is 0.167. The highest BCUT2D eigenvalue weighted by Crippen LogP contribution is 2.33. The van der Waals surface area contributed by atoms with Crippen LogP contribution in [-0.4, -0.2) is 22.2 Å². The maximum absolute atomic E-state index is 11.1. The number of aromatic hydroxyl groups is 1. The van der Waals surface area contributed by atoms with Crippen LogP contribution in [0.1, 0.15) is 30.5 Å². The van der Waals surface area contributed by atoms with E-state index in [2.05, 4.69) is 41.9 Å². The van der Waals surface area contributed by atoms with Crippen LogP contribution in [0.2, 0.25) is 0 Å². The summed E-state index contributed by atoms with van der Waals surface area (Å²) in [4.78, 5) is 11.1. The Bertz CT molecular complexity index is 743. The molecule has 0 fully saturated rings. The highest BCUT2D eigenvalue weighted by molar-refractivity contribution is 9.10. The number of halogens is 1. The van der Waals surface area contributed by atoms with E-state index in [4.69, 9.17) is 10.8 Å². The molecule has 0 aromatic heterocycles. The molecule has 0 amide bonds. The van der Waals surface area contributed by atoms with Gasteiger partial charge in [0.05, 0.1) is 0 Å². The van der Waals surface area contributed by atoms with Crippen LogP contribution in [0, 0.1) is 0 Å². The first kappa shape index (κ1) is 18.5. The van der Waals surface area contributed by atoms with Crippen molar-refractivity contribution in [3.05, 3.63) is 63.6 Å². The molecule has 24 heavy (non-hydrogen) atoms. The molecule has 0 aliphatic rings. The molecule has 128 valence electrons. The molecule has 2 aromatic carbocycles. The first-order valence-corrected chi connectivity index (χ1v) is 8.53. The molecule has 1 atom stereocenters. The SMILES string of the molecule is CC(C)(Cc1cccc(Br)c1)c1cc(O)ccc1C[C@H](N)C(=O)O. The third-order valence-corrected chi connectivity index (χ3v) is 4.61. The van der Waals surface area contributed by atoms with E-state index in [9.17, 15) is 9.90 Å². The summed E-state index contributed by atoms with van der Waals surface area (Å²) in [6, 6.07) is 12.2. The lowest BCUT2D eigenvalue weighted by Gasteiger charge is -2.29. The summed E-state index contributed by atoms with van der Waals surface area (Å²) in [5.74, 6) is -0.862. The molecule has 2 aromatic rings. The van der Waals surface area contributed by atoms with Gasteiger partial charge in [0.2, 0.25) is 0 Å². The van der Waals surface area contributed by atoms with Gasteiger partial charge in [-0.2, -0.15) is 0 Å². The van der Waals surface area contributed by atoms with E-state index in [1.54, 1.807) is 18.2 Å². The van der Waals surface area contributed by atoms with Crippen molar-refractivity contribution in [1.29, 1.82) is 0 Å². The lowest BCUT2D eigenvalue weighted by atomic mass is 9.76. The Labute approximate surface area is 150 Å². The quantitative estimate of drug-likeness (QED) is 0.701. The summed E-state index contributed by atoms with van der Waals surface area (Å²) < 4.78 is 1.01.